The van der Waals surface area contributed by atoms with Crippen LogP contribution in [0.2, 0.25) is 0 Å². The fourth-order valence-corrected chi connectivity index (χ4v) is 7.67. The van der Waals surface area contributed by atoms with Gasteiger partial charge in [0.2, 0.25) is 10.0 Å². The number of aromatic nitrogens is 1. The number of fused-ring (bicyclic) bond motifs is 1. The second-order valence-electron chi connectivity index (χ2n) is 9.79. The highest BCUT2D eigenvalue weighted by Gasteiger charge is 2.31. The molecule has 0 saturated carbocycles. The van der Waals surface area contributed by atoms with Crippen molar-refractivity contribution in [1.82, 2.24) is 9.29 Å². The van der Waals surface area contributed by atoms with Gasteiger partial charge in [-0.15, -0.1) is 0 Å². The summed E-state index contributed by atoms with van der Waals surface area (Å²) in [5.41, 5.74) is 4.55. The lowest BCUT2D eigenvalue weighted by Crippen LogP contribution is -2.41. The van der Waals surface area contributed by atoms with E-state index in [1.807, 2.05) is 50.2 Å². The highest BCUT2D eigenvalue weighted by atomic mass is 32.2. The average Bonchev–Trinajstić information content (AvgIpc) is 3.32. The van der Waals surface area contributed by atoms with Gasteiger partial charge in [-0.3, -0.25) is 9.69 Å². The smallest absolute Gasteiger partial charge is 0.260 e. The van der Waals surface area contributed by atoms with Crippen LogP contribution in [-0.2, 0) is 16.6 Å². The number of hydrogen-bond donors (Lipinski definition) is 0. The van der Waals surface area contributed by atoms with Gasteiger partial charge in [-0.25, -0.2) is 13.4 Å². The second kappa shape index (κ2) is 10.4. The van der Waals surface area contributed by atoms with Crippen molar-refractivity contribution in [3.8, 4) is 0 Å². The number of carbonyl (C=O) groups is 1. The Hall–Kier alpha value is -3.07. The van der Waals surface area contributed by atoms with Gasteiger partial charge in [-0.2, -0.15) is 4.31 Å². The number of thiazole rings is 1. The van der Waals surface area contributed by atoms with E-state index in [2.05, 4.69) is 13.0 Å². The fourth-order valence-electron chi connectivity index (χ4n) is 4.96. The minimum absolute atomic E-state index is 0.0208. The summed E-state index contributed by atoms with van der Waals surface area (Å²) in [6, 6.07) is 20.3. The van der Waals surface area contributed by atoms with Crippen LogP contribution in [0.1, 0.15) is 53.2 Å². The Morgan fingerprint density at radius 3 is 2.49 bits per heavy atom. The van der Waals surface area contributed by atoms with Crippen LogP contribution in [0.15, 0.2) is 71.6 Å². The summed E-state index contributed by atoms with van der Waals surface area (Å²) in [6.45, 7) is 6.95. The number of rotatable bonds is 6. The van der Waals surface area contributed by atoms with Gasteiger partial charge in [0.1, 0.15) is 0 Å². The normalized spacial score (nSPS) is 16.7. The number of amides is 1. The number of carbonyl (C=O) groups excluding carboxylic acids is 1. The van der Waals surface area contributed by atoms with Crippen molar-refractivity contribution in [2.45, 2.75) is 57.5 Å². The Morgan fingerprint density at radius 2 is 1.78 bits per heavy atom. The number of benzene rings is 3. The number of sulfonamides is 1. The van der Waals surface area contributed by atoms with Crippen LogP contribution in [0.25, 0.3) is 10.2 Å². The predicted molar refractivity (Wildman–Crippen MR) is 150 cm³/mol. The molecule has 6 nitrogen and oxygen atoms in total. The SMILES string of the molecule is Cc1cc(C)c2sc(N(Cc3ccccc3)C(=O)c3ccc(S(=O)(=O)N4CCCCC4C)cc3)nc2c1. The molecule has 1 atom stereocenters. The monoisotopic (exact) mass is 533 g/mol. The molecule has 1 aromatic heterocycles. The highest BCUT2D eigenvalue weighted by molar-refractivity contribution is 7.89. The summed E-state index contributed by atoms with van der Waals surface area (Å²) < 4.78 is 29.2. The van der Waals surface area contributed by atoms with E-state index < -0.39 is 10.0 Å². The van der Waals surface area contributed by atoms with E-state index in [1.165, 1.54) is 11.3 Å². The summed E-state index contributed by atoms with van der Waals surface area (Å²) in [7, 11) is -3.60. The maximum Gasteiger partial charge on any atom is 0.260 e. The Balaban J connectivity index is 1.49. The zero-order valence-corrected chi connectivity index (χ0v) is 23.0. The van der Waals surface area contributed by atoms with E-state index in [0.717, 1.165) is 46.2 Å². The highest BCUT2D eigenvalue weighted by Crippen LogP contribution is 2.34. The van der Waals surface area contributed by atoms with Crippen LogP contribution >= 0.6 is 11.3 Å². The number of piperidine rings is 1. The molecule has 192 valence electrons. The molecule has 1 amide bonds. The molecule has 1 aliphatic rings. The van der Waals surface area contributed by atoms with E-state index in [0.29, 0.717) is 23.8 Å². The Morgan fingerprint density at radius 1 is 1.05 bits per heavy atom. The zero-order valence-electron chi connectivity index (χ0n) is 21.3. The standard InChI is InChI=1S/C29H31N3O3S2/c1-20-17-21(2)27-26(18-20)30-29(36-27)31(19-23-10-5-4-6-11-23)28(33)24-12-14-25(15-13-24)37(34,35)32-16-8-7-9-22(32)3/h4-6,10-15,17-18,22H,7-9,16,19H2,1-3H3. The summed E-state index contributed by atoms with van der Waals surface area (Å²) in [5.74, 6) is -0.215. The Labute approximate surface area is 222 Å². The number of anilines is 1. The van der Waals surface area contributed by atoms with Gasteiger partial charge in [-0.05, 0) is 80.6 Å². The van der Waals surface area contributed by atoms with Gasteiger partial charge >= 0.3 is 0 Å². The number of nitrogens with zero attached hydrogens (tertiary/aromatic N) is 3. The van der Waals surface area contributed by atoms with Crippen LogP contribution in [0.4, 0.5) is 5.13 Å². The second-order valence-corrected chi connectivity index (χ2v) is 12.7. The average molecular weight is 534 g/mol. The van der Waals surface area contributed by atoms with E-state index >= 15 is 0 Å². The van der Waals surface area contributed by atoms with Gasteiger partial charge in [0.25, 0.3) is 5.91 Å². The predicted octanol–water partition coefficient (Wildman–Crippen LogP) is 6.32. The van der Waals surface area contributed by atoms with Gasteiger partial charge in [0, 0.05) is 18.2 Å². The van der Waals surface area contributed by atoms with E-state index in [4.69, 9.17) is 4.98 Å². The topological polar surface area (TPSA) is 70.6 Å². The fraction of sp³-hybridized carbons (Fsp3) is 0.310. The summed E-state index contributed by atoms with van der Waals surface area (Å²) in [5, 5.41) is 0.622. The van der Waals surface area contributed by atoms with Gasteiger partial charge in [0.05, 0.1) is 21.7 Å². The molecule has 0 spiro atoms. The molecule has 0 radical (unpaired) electrons. The summed E-state index contributed by atoms with van der Waals surface area (Å²) in [4.78, 5) is 20.6. The molecule has 0 N–H and O–H groups in total. The van der Waals surface area contributed by atoms with Crippen molar-refractivity contribution in [3.05, 3.63) is 89.0 Å². The van der Waals surface area contributed by atoms with E-state index in [9.17, 15) is 13.2 Å². The van der Waals surface area contributed by atoms with Crippen LogP contribution in [0.3, 0.4) is 0 Å². The molecular formula is C29H31N3O3S2. The van der Waals surface area contributed by atoms with Gasteiger partial charge < -0.3 is 0 Å². The third-order valence-corrected chi connectivity index (χ3v) is 10.2. The summed E-state index contributed by atoms with van der Waals surface area (Å²) >= 11 is 1.50. The third kappa shape index (κ3) is 5.19. The lowest BCUT2D eigenvalue weighted by molar-refractivity contribution is 0.0985. The Bertz CT molecular complexity index is 1530. The maximum atomic E-state index is 13.8. The molecule has 37 heavy (non-hydrogen) atoms. The van der Waals surface area contributed by atoms with Crippen molar-refractivity contribution >= 4 is 42.6 Å². The van der Waals surface area contributed by atoms with Crippen LogP contribution in [0.5, 0.6) is 0 Å². The molecule has 5 rings (SSSR count). The largest absolute Gasteiger partial charge is 0.279 e. The van der Waals surface area contributed by atoms with Gasteiger partial charge in [-0.1, -0.05) is 54.2 Å². The molecule has 4 aromatic rings. The minimum Gasteiger partial charge on any atom is -0.279 e. The van der Waals surface area contributed by atoms with Gasteiger partial charge in [0.15, 0.2) is 5.13 Å². The molecule has 0 bridgehead atoms. The molecule has 1 saturated heterocycles. The molecule has 3 aromatic carbocycles. The lowest BCUT2D eigenvalue weighted by Gasteiger charge is -2.32. The molecule has 2 heterocycles. The van der Waals surface area contributed by atoms with Crippen LogP contribution < -0.4 is 4.90 Å². The van der Waals surface area contributed by atoms with Crippen molar-refractivity contribution in [3.63, 3.8) is 0 Å². The van der Waals surface area contributed by atoms with Crippen molar-refractivity contribution in [1.29, 1.82) is 0 Å². The molecule has 1 fully saturated rings. The minimum atomic E-state index is -3.60. The first-order valence-electron chi connectivity index (χ1n) is 12.6. The first-order valence-corrected chi connectivity index (χ1v) is 14.8. The van der Waals surface area contributed by atoms with Crippen molar-refractivity contribution < 1.29 is 13.2 Å². The first kappa shape index (κ1) is 25.6. The molecule has 8 heteroatoms. The molecule has 1 unspecified atom stereocenters. The van der Waals surface area contributed by atoms with Crippen molar-refractivity contribution in [2.75, 3.05) is 11.4 Å². The number of aryl methyl sites for hydroxylation is 2. The zero-order chi connectivity index (χ0) is 26.2. The van der Waals surface area contributed by atoms with E-state index in [1.54, 1.807) is 33.5 Å². The van der Waals surface area contributed by atoms with Crippen molar-refractivity contribution in [2.24, 2.45) is 0 Å². The lowest BCUT2D eigenvalue weighted by atomic mass is 10.1. The Kier molecular flexibility index (Phi) is 7.16. The molecule has 1 aliphatic heterocycles. The first-order chi connectivity index (χ1) is 17.7. The van der Waals surface area contributed by atoms with Crippen LogP contribution in [-0.4, -0.2) is 36.2 Å². The van der Waals surface area contributed by atoms with Crippen LogP contribution in [0, 0.1) is 13.8 Å². The summed E-state index contributed by atoms with van der Waals surface area (Å²) in [6.07, 6.45) is 2.78. The number of hydrogen-bond acceptors (Lipinski definition) is 5. The third-order valence-electron chi connectivity index (χ3n) is 6.92. The van der Waals surface area contributed by atoms with E-state index in [-0.39, 0.29) is 16.8 Å². The quantitative estimate of drug-likeness (QED) is 0.291. The molecular weight excluding hydrogens is 502 g/mol. The maximum absolute atomic E-state index is 13.8. The molecule has 0 aliphatic carbocycles.